The number of carbonyl (C=O) groups is 1. The largest absolute Gasteiger partial charge is 0.496 e. The normalized spacial score (nSPS) is 12.6. The average Bonchev–Trinajstić information content (AvgIpc) is 2.77. The van der Waals surface area contributed by atoms with Gasteiger partial charge in [-0.2, -0.15) is 11.8 Å². The van der Waals surface area contributed by atoms with Gasteiger partial charge in [-0.15, -0.1) is 0 Å². The van der Waals surface area contributed by atoms with Gasteiger partial charge in [0.1, 0.15) is 29.0 Å². The molecule has 2 aromatic carbocycles. The maximum absolute atomic E-state index is 11.2. The van der Waals surface area contributed by atoms with Crippen molar-refractivity contribution in [2.75, 3.05) is 39.5 Å². The Labute approximate surface area is 186 Å². The number of aliphatic hydroxyl groups is 1. The summed E-state index contributed by atoms with van der Waals surface area (Å²) >= 11 is 1.53. The zero-order valence-corrected chi connectivity index (χ0v) is 19.1. The molecule has 2 rings (SSSR count). The average molecular weight is 452 g/mol. The van der Waals surface area contributed by atoms with Crippen LogP contribution in [0.1, 0.15) is 24.2 Å². The molecule has 9 heteroatoms. The van der Waals surface area contributed by atoms with Crippen LogP contribution in [0.15, 0.2) is 30.3 Å². The van der Waals surface area contributed by atoms with Crippen molar-refractivity contribution in [3.05, 3.63) is 41.5 Å². The molecule has 0 aliphatic carbocycles. The Hall–Kier alpha value is -2.78. The summed E-state index contributed by atoms with van der Waals surface area (Å²) in [5.41, 5.74) is 2.13. The quantitative estimate of drug-likeness (QED) is 0.446. The first-order valence-corrected chi connectivity index (χ1v) is 10.7. The Balaban J connectivity index is 2.10. The smallest absolute Gasteiger partial charge is 0.325 e. The zero-order valence-electron chi connectivity index (χ0n) is 18.3. The fourth-order valence-electron chi connectivity index (χ4n) is 2.99. The van der Waals surface area contributed by atoms with Crippen LogP contribution < -0.4 is 24.3 Å². The van der Waals surface area contributed by atoms with E-state index in [0.29, 0.717) is 45.8 Å². The predicted octanol–water partition coefficient (Wildman–Crippen LogP) is 3.57. The molecule has 0 radical (unpaired) electrons. The third kappa shape index (κ3) is 6.35. The number of nitrogens with one attached hydrogen (secondary N) is 1. The minimum Gasteiger partial charge on any atom is -0.496 e. The van der Waals surface area contributed by atoms with E-state index in [9.17, 15) is 9.90 Å². The van der Waals surface area contributed by atoms with E-state index in [1.165, 1.54) is 33.1 Å². The third-order valence-electron chi connectivity index (χ3n) is 4.64. The lowest BCUT2D eigenvalue weighted by Crippen LogP contribution is -2.25. The Bertz CT molecular complexity index is 865. The Morgan fingerprint density at radius 3 is 2.13 bits per heavy atom. The van der Waals surface area contributed by atoms with Gasteiger partial charge in [0.2, 0.25) is 0 Å². The van der Waals surface area contributed by atoms with Crippen LogP contribution in [0.2, 0.25) is 0 Å². The highest BCUT2D eigenvalue weighted by atomic mass is 32.2. The number of ether oxygens (including phenoxy) is 4. The molecule has 0 heterocycles. The molecule has 0 saturated heterocycles. The summed E-state index contributed by atoms with van der Waals surface area (Å²) in [5, 5.41) is 22.9. The molecule has 0 aliphatic rings. The summed E-state index contributed by atoms with van der Waals surface area (Å²) < 4.78 is 21.4. The van der Waals surface area contributed by atoms with Crippen molar-refractivity contribution in [3.63, 3.8) is 0 Å². The van der Waals surface area contributed by atoms with E-state index >= 15 is 0 Å². The van der Waals surface area contributed by atoms with Crippen molar-refractivity contribution < 1.29 is 34.0 Å². The van der Waals surface area contributed by atoms with E-state index in [0.717, 1.165) is 5.56 Å². The van der Waals surface area contributed by atoms with Crippen molar-refractivity contribution in [3.8, 4) is 23.0 Å². The van der Waals surface area contributed by atoms with E-state index in [2.05, 4.69) is 5.32 Å². The summed E-state index contributed by atoms with van der Waals surface area (Å²) in [6, 6.07) is 8.20. The summed E-state index contributed by atoms with van der Waals surface area (Å²) in [7, 11) is 6.14. The van der Waals surface area contributed by atoms with Crippen LogP contribution in [0.5, 0.6) is 23.0 Å². The van der Waals surface area contributed by atoms with Gasteiger partial charge in [-0.1, -0.05) is 6.07 Å². The fraction of sp³-hybridized carbons (Fsp3) is 0.409. The lowest BCUT2D eigenvalue weighted by molar-refractivity contribution is -0.137. The Morgan fingerprint density at radius 2 is 1.61 bits per heavy atom. The first kappa shape index (κ1) is 24.5. The van der Waals surface area contributed by atoms with Crippen LogP contribution in [0.3, 0.4) is 0 Å². The Morgan fingerprint density at radius 1 is 1.00 bits per heavy atom. The van der Waals surface area contributed by atoms with Crippen LogP contribution in [-0.4, -0.2) is 56.4 Å². The lowest BCUT2D eigenvalue weighted by atomic mass is 10.1. The molecule has 2 aromatic rings. The topological polar surface area (TPSA) is 106 Å². The number of benzene rings is 2. The predicted molar refractivity (Wildman–Crippen MR) is 121 cm³/mol. The van der Waals surface area contributed by atoms with Crippen molar-refractivity contribution in [1.29, 1.82) is 0 Å². The molecule has 3 N–H and O–H groups in total. The number of rotatable bonds is 12. The van der Waals surface area contributed by atoms with E-state index in [-0.39, 0.29) is 0 Å². The van der Waals surface area contributed by atoms with Crippen LogP contribution in [-0.2, 0) is 10.5 Å². The molecular weight excluding hydrogens is 422 g/mol. The zero-order chi connectivity index (χ0) is 23.0. The minimum absolute atomic E-state index is 0.402. The summed E-state index contributed by atoms with van der Waals surface area (Å²) in [6.45, 7) is 1.56. The molecule has 0 fully saturated rings. The van der Waals surface area contributed by atoms with E-state index in [1.54, 1.807) is 32.2 Å². The summed E-state index contributed by atoms with van der Waals surface area (Å²) in [5.74, 6) is 2.18. The van der Waals surface area contributed by atoms with Gasteiger partial charge in [0.25, 0.3) is 0 Å². The number of hydrogen-bond acceptors (Lipinski definition) is 8. The summed E-state index contributed by atoms with van der Waals surface area (Å²) in [6.07, 6.45) is -0.816. The van der Waals surface area contributed by atoms with Crippen molar-refractivity contribution in [1.82, 2.24) is 0 Å². The van der Waals surface area contributed by atoms with Gasteiger partial charge in [0.15, 0.2) is 0 Å². The highest BCUT2D eigenvalue weighted by Crippen LogP contribution is 2.39. The summed E-state index contributed by atoms with van der Waals surface area (Å²) in [4.78, 5) is 11.2. The molecule has 0 bridgehead atoms. The van der Waals surface area contributed by atoms with E-state index in [4.69, 9.17) is 24.1 Å². The molecule has 170 valence electrons. The number of aliphatic hydroxyl groups excluding tert-OH is 1. The maximum Gasteiger partial charge on any atom is 0.325 e. The number of carboxylic acid groups (broad SMARTS) is 1. The molecule has 2 atom stereocenters. The number of anilines is 1. The van der Waals surface area contributed by atoms with Gasteiger partial charge in [-0.25, -0.2) is 0 Å². The van der Waals surface area contributed by atoms with E-state index in [1.807, 2.05) is 12.1 Å². The van der Waals surface area contributed by atoms with Gasteiger partial charge in [-0.3, -0.25) is 4.79 Å². The number of carboxylic acids is 1. The van der Waals surface area contributed by atoms with Gasteiger partial charge in [-0.05, 0) is 24.6 Å². The monoisotopic (exact) mass is 451 g/mol. The molecule has 0 aromatic heterocycles. The second-order valence-corrected chi connectivity index (χ2v) is 7.75. The molecule has 0 spiro atoms. The second kappa shape index (κ2) is 11.6. The van der Waals surface area contributed by atoms with Gasteiger partial charge in [0, 0.05) is 23.6 Å². The standard InChI is InChI=1S/C22H29NO7S/c1-13(22(25)26)23-16-8-14(6-7-18(16)28-3)11-31-12-17(24)21-19(29-4)9-15(27-2)10-20(21)30-5/h6-10,13,17,23-24H,11-12H2,1-5H3,(H,25,26). The lowest BCUT2D eigenvalue weighted by Gasteiger charge is -2.19. The van der Waals surface area contributed by atoms with Gasteiger partial charge < -0.3 is 34.5 Å². The molecule has 8 nitrogen and oxygen atoms in total. The van der Waals surface area contributed by atoms with Gasteiger partial charge >= 0.3 is 5.97 Å². The number of aliphatic carboxylic acids is 1. The first-order valence-electron chi connectivity index (χ1n) is 9.56. The van der Waals surface area contributed by atoms with Crippen molar-refractivity contribution in [2.24, 2.45) is 0 Å². The van der Waals surface area contributed by atoms with Crippen LogP contribution in [0.4, 0.5) is 5.69 Å². The van der Waals surface area contributed by atoms with Crippen molar-refractivity contribution in [2.45, 2.75) is 24.8 Å². The molecule has 0 saturated carbocycles. The van der Waals surface area contributed by atoms with Crippen LogP contribution in [0.25, 0.3) is 0 Å². The second-order valence-electron chi connectivity index (χ2n) is 6.72. The highest BCUT2D eigenvalue weighted by molar-refractivity contribution is 7.98. The number of thioether (sulfide) groups is 1. The highest BCUT2D eigenvalue weighted by Gasteiger charge is 2.21. The molecule has 2 unspecified atom stereocenters. The van der Waals surface area contributed by atoms with Crippen LogP contribution >= 0.6 is 11.8 Å². The first-order chi connectivity index (χ1) is 14.8. The molecular formula is C22H29NO7S. The number of methoxy groups -OCH3 is 4. The Kier molecular flexibility index (Phi) is 9.14. The van der Waals surface area contributed by atoms with Gasteiger partial charge in [0.05, 0.1) is 45.8 Å². The molecule has 0 aliphatic heterocycles. The SMILES string of the molecule is COc1cc(OC)c(C(O)CSCc2ccc(OC)c(NC(C)C(=O)O)c2)c(OC)c1. The minimum atomic E-state index is -0.952. The molecule has 0 amide bonds. The molecule has 31 heavy (non-hydrogen) atoms. The van der Waals surface area contributed by atoms with E-state index < -0.39 is 18.1 Å². The van der Waals surface area contributed by atoms with Crippen LogP contribution in [0, 0.1) is 0 Å². The van der Waals surface area contributed by atoms with Crippen molar-refractivity contribution >= 4 is 23.4 Å². The third-order valence-corrected chi connectivity index (χ3v) is 5.73. The fourth-order valence-corrected chi connectivity index (χ4v) is 3.91. The maximum atomic E-state index is 11.2. The number of hydrogen-bond donors (Lipinski definition) is 3.